The summed E-state index contributed by atoms with van der Waals surface area (Å²) in [6.45, 7) is 4.81. The van der Waals surface area contributed by atoms with Crippen LogP contribution >= 0.6 is 0 Å². The van der Waals surface area contributed by atoms with Crippen LogP contribution in [0, 0.1) is 0 Å². The number of nitrogens with zero attached hydrogens (tertiary/aromatic N) is 7. The number of carbonyl (C=O) groups is 1. The summed E-state index contributed by atoms with van der Waals surface area (Å²) in [5.74, 6) is 0.0489. The number of halogens is 3. The van der Waals surface area contributed by atoms with Crippen LogP contribution in [-0.4, -0.2) is 69.9 Å². The molecule has 2 aliphatic rings. The van der Waals surface area contributed by atoms with Crippen LogP contribution in [0.2, 0.25) is 0 Å². The van der Waals surface area contributed by atoms with Crippen LogP contribution in [0.3, 0.4) is 0 Å². The molecule has 1 fully saturated rings. The van der Waals surface area contributed by atoms with Crippen molar-refractivity contribution >= 4 is 17.3 Å². The Kier molecular flexibility index (Phi) is 7.13. The van der Waals surface area contributed by atoms with Crippen LogP contribution in [0.25, 0.3) is 0 Å². The Morgan fingerprint density at radius 1 is 1.11 bits per heavy atom. The third kappa shape index (κ3) is 5.25. The van der Waals surface area contributed by atoms with E-state index in [9.17, 15) is 18.0 Å². The second-order valence-electron chi connectivity index (χ2n) is 9.59. The van der Waals surface area contributed by atoms with E-state index in [1.165, 1.54) is 13.2 Å². The molecule has 9 nitrogen and oxygen atoms in total. The fourth-order valence-corrected chi connectivity index (χ4v) is 5.35. The Labute approximate surface area is 218 Å². The van der Waals surface area contributed by atoms with Gasteiger partial charge in [0.05, 0.1) is 30.8 Å². The third-order valence-electron chi connectivity index (χ3n) is 7.26. The molecule has 1 atom stereocenters. The fraction of sp³-hybridized carbons (Fsp3) is 0.462. The fourth-order valence-electron chi connectivity index (χ4n) is 5.35. The highest BCUT2D eigenvalue weighted by molar-refractivity contribution is 5.77. The van der Waals surface area contributed by atoms with Gasteiger partial charge in [0.1, 0.15) is 0 Å². The van der Waals surface area contributed by atoms with Crippen LogP contribution in [0.15, 0.2) is 43.0 Å². The van der Waals surface area contributed by atoms with Crippen molar-refractivity contribution in [2.45, 2.75) is 45.1 Å². The van der Waals surface area contributed by atoms with Gasteiger partial charge in [0.2, 0.25) is 5.91 Å². The van der Waals surface area contributed by atoms with Crippen molar-refractivity contribution < 1.29 is 22.7 Å². The summed E-state index contributed by atoms with van der Waals surface area (Å²) in [7, 11) is 1.48. The van der Waals surface area contributed by atoms with Gasteiger partial charge in [-0.25, -0.2) is 9.97 Å². The van der Waals surface area contributed by atoms with E-state index in [1.807, 2.05) is 29.0 Å². The molecular weight excluding hydrogens is 499 g/mol. The van der Waals surface area contributed by atoms with Crippen molar-refractivity contribution in [3.05, 3.63) is 59.7 Å². The molecule has 1 aromatic carbocycles. The van der Waals surface area contributed by atoms with E-state index in [1.54, 1.807) is 29.3 Å². The Bertz CT molecular complexity index is 1270. The molecule has 2 aromatic heterocycles. The average molecular weight is 530 g/mol. The number of ether oxygens (including phenoxy) is 1. The number of fused-ring (bicyclic) bond motifs is 1. The zero-order valence-corrected chi connectivity index (χ0v) is 21.4. The standard InChI is InChI=1S/C26H30F3N7O2/c1-18-16-34(12-13-36(18)24(37)7-11-35-9-3-8-32-35)23-5-4-22(26(27,28)29)20-6-10-33(17-21(20)23)19-14-30-25(38-2)31-15-19/h3-5,8-9,14-15,18H,6-7,10-13,16-17H2,1-2H3/t18-/m1/s1. The van der Waals surface area contributed by atoms with Gasteiger partial charge >= 0.3 is 12.2 Å². The molecule has 3 aromatic rings. The van der Waals surface area contributed by atoms with E-state index in [0.717, 1.165) is 11.4 Å². The summed E-state index contributed by atoms with van der Waals surface area (Å²) in [4.78, 5) is 27.2. The second kappa shape index (κ2) is 10.5. The van der Waals surface area contributed by atoms with Gasteiger partial charge in [-0.1, -0.05) is 0 Å². The molecule has 0 N–H and O–H groups in total. The van der Waals surface area contributed by atoms with Gasteiger partial charge in [-0.05, 0) is 42.7 Å². The first kappa shape index (κ1) is 25.8. The maximum atomic E-state index is 13.9. The summed E-state index contributed by atoms with van der Waals surface area (Å²) < 4.78 is 48.5. The van der Waals surface area contributed by atoms with Crippen LogP contribution in [0.4, 0.5) is 24.5 Å². The summed E-state index contributed by atoms with van der Waals surface area (Å²) in [6.07, 6.45) is 2.93. The number of amides is 1. The Balaban J connectivity index is 1.36. The largest absolute Gasteiger partial charge is 0.467 e. The zero-order valence-electron chi connectivity index (χ0n) is 21.4. The van der Waals surface area contributed by atoms with Crippen molar-refractivity contribution in [3.8, 4) is 6.01 Å². The lowest BCUT2D eigenvalue weighted by Crippen LogP contribution is -2.54. The number of aryl methyl sites for hydroxylation is 1. The SMILES string of the molecule is COc1ncc(N2CCc3c(C(F)(F)F)ccc(N4CCN(C(=O)CCn5cccn5)[C@H](C)C4)c3C2)cn1. The molecule has 12 heteroatoms. The van der Waals surface area contributed by atoms with Crippen LogP contribution in [-0.2, 0) is 30.5 Å². The normalized spacial score (nSPS) is 17.9. The Hall–Kier alpha value is -3.83. The van der Waals surface area contributed by atoms with Crippen LogP contribution in [0.1, 0.15) is 30.0 Å². The minimum absolute atomic E-state index is 0.0489. The quantitative estimate of drug-likeness (QED) is 0.484. The van der Waals surface area contributed by atoms with Gasteiger partial charge in [-0.2, -0.15) is 18.3 Å². The lowest BCUT2D eigenvalue weighted by molar-refractivity contribution is -0.138. The molecule has 0 spiro atoms. The molecule has 1 amide bonds. The van der Waals surface area contributed by atoms with Gasteiger partial charge in [0, 0.05) is 69.8 Å². The number of alkyl halides is 3. The molecule has 2 aliphatic heterocycles. The van der Waals surface area contributed by atoms with E-state index in [2.05, 4.69) is 20.0 Å². The predicted molar refractivity (Wildman–Crippen MR) is 135 cm³/mol. The molecule has 5 rings (SSSR count). The topological polar surface area (TPSA) is 79.6 Å². The number of piperazine rings is 1. The number of anilines is 2. The average Bonchev–Trinajstić information content (AvgIpc) is 3.44. The first-order chi connectivity index (χ1) is 18.2. The highest BCUT2D eigenvalue weighted by atomic mass is 19.4. The van der Waals surface area contributed by atoms with E-state index in [0.29, 0.717) is 56.8 Å². The van der Waals surface area contributed by atoms with Gasteiger partial charge in [0.15, 0.2) is 0 Å². The number of methoxy groups -OCH3 is 1. The summed E-state index contributed by atoms with van der Waals surface area (Å²) in [5.41, 5.74) is 1.92. The summed E-state index contributed by atoms with van der Waals surface area (Å²) in [6, 6.07) is 4.75. The summed E-state index contributed by atoms with van der Waals surface area (Å²) >= 11 is 0. The van der Waals surface area contributed by atoms with Crippen LogP contribution < -0.4 is 14.5 Å². The van der Waals surface area contributed by atoms with E-state index in [-0.39, 0.29) is 24.4 Å². The number of benzene rings is 1. The van der Waals surface area contributed by atoms with Gasteiger partial charge in [-0.15, -0.1) is 0 Å². The first-order valence-electron chi connectivity index (χ1n) is 12.6. The highest BCUT2D eigenvalue weighted by Gasteiger charge is 2.38. The molecule has 0 radical (unpaired) electrons. The third-order valence-corrected chi connectivity index (χ3v) is 7.26. The molecule has 0 aliphatic carbocycles. The van der Waals surface area contributed by atoms with Crippen molar-refractivity contribution in [2.24, 2.45) is 0 Å². The predicted octanol–water partition coefficient (Wildman–Crippen LogP) is 3.39. The molecule has 0 unspecified atom stereocenters. The maximum Gasteiger partial charge on any atom is 0.416 e. The van der Waals surface area contributed by atoms with Gasteiger partial charge in [0.25, 0.3) is 0 Å². The van der Waals surface area contributed by atoms with E-state index < -0.39 is 11.7 Å². The lowest BCUT2D eigenvalue weighted by Gasteiger charge is -2.43. The molecular formula is C26H30F3N7O2. The minimum atomic E-state index is -4.43. The smallest absolute Gasteiger partial charge is 0.416 e. The number of hydrogen-bond acceptors (Lipinski definition) is 7. The van der Waals surface area contributed by atoms with Crippen molar-refractivity contribution in [1.82, 2.24) is 24.6 Å². The first-order valence-corrected chi connectivity index (χ1v) is 12.6. The summed E-state index contributed by atoms with van der Waals surface area (Å²) in [5, 5.41) is 4.15. The zero-order chi connectivity index (χ0) is 26.9. The Morgan fingerprint density at radius 3 is 2.55 bits per heavy atom. The monoisotopic (exact) mass is 529 g/mol. The van der Waals surface area contributed by atoms with Gasteiger partial charge in [-0.3, -0.25) is 9.48 Å². The highest BCUT2D eigenvalue weighted by Crippen LogP contribution is 2.40. The number of aromatic nitrogens is 4. The molecule has 202 valence electrons. The number of rotatable bonds is 6. The van der Waals surface area contributed by atoms with Crippen LogP contribution in [0.5, 0.6) is 6.01 Å². The second-order valence-corrected chi connectivity index (χ2v) is 9.59. The van der Waals surface area contributed by atoms with Crippen molar-refractivity contribution in [1.29, 1.82) is 0 Å². The Morgan fingerprint density at radius 2 is 1.89 bits per heavy atom. The molecule has 0 saturated carbocycles. The molecule has 38 heavy (non-hydrogen) atoms. The number of hydrogen-bond donors (Lipinski definition) is 0. The van der Waals surface area contributed by atoms with Crippen molar-refractivity contribution in [2.75, 3.05) is 43.1 Å². The lowest BCUT2D eigenvalue weighted by atomic mass is 9.91. The molecule has 1 saturated heterocycles. The van der Waals surface area contributed by atoms with E-state index >= 15 is 0 Å². The van der Waals surface area contributed by atoms with Crippen molar-refractivity contribution in [3.63, 3.8) is 0 Å². The maximum absolute atomic E-state index is 13.9. The van der Waals surface area contributed by atoms with Gasteiger partial charge < -0.3 is 19.4 Å². The molecule has 4 heterocycles. The minimum Gasteiger partial charge on any atom is -0.467 e. The molecule has 0 bridgehead atoms. The van der Waals surface area contributed by atoms with E-state index in [4.69, 9.17) is 4.74 Å². The number of carbonyl (C=O) groups excluding carboxylic acids is 1.